The first-order chi connectivity index (χ1) is 11.2. The Balaban J connectivity index is 2.10. The van der Waals surface area contributed by atoms with Crippen molar-refractivity contribution >= 4 is 23.5 Å². The molecule has 3 rings (SSSR count). The highest BCUT2D eigenvalue weighted by Gasteiger charge is 2.27. The number of ether oxygens (including phenoxy) is 3. The molecule has 0 fully saturated rings. The van der Waals surface area contributed by atoms with E-state index in [1.165, 1.54) is 11.8 Å². The van der Waals surface area contributed by atoms with Crippen LogP contribution < -0.4 is 19.5 Å². The molecule has 7 nitrogen and oxygen atoms in total. The van der Waals surface area contributed by atoms with E-state index in [-0.39, 0.29) is 11.2 Å². The highest BCUT2D eigenvalue weighted by atomic mass is 32.2. The van der Waals surface area contributed by atoms with Crippen molar-refractivity contribution in [1.29, 1.82) is 0 Å². The fourth-order valence-corrected chi connectivity index (χ4v) is 3.62. The van der Waals surface area contributed by atoms with Crippen LogP contribution in [0.25, 0.3) is 0 Å². The molecule has 0 spiro atoms. The Morgan fingerprint density at radius 1 is 1.17 bits per heavy atom. The minimum atomic E-state index is -0.0728. The molecule has 2 heterocycles. The van der Waals surface area contributed by atoms with E-state index in [1.54, 1.807) is 27.5 Å². The molecule has 1 aromatic carbocycles. The van der Waals surface area contributed by atoms with E-state index in [1.807, 2.05) is 12.1 Å². The maximum absolute atomic E-state index is 11.8. The van der Waals surface area contributed by atoms with Gasteiger partial charge < -0.3 is 19.5 Å². The molecule has 0 bridgehead atoms. The van der Waals surface area contributed by atoms with Crippen LogP contribution in [0.4, 0.5) is 5.82 Å². The molecule has 0 unspecified atom stereocenters. The number of hydrogen-bond donors (Lipinski definition) is 2. The Hall–Kier alpha value is -2.35. The number of anilines is 1. The number of hydrogen-bond acceptors (Lipinski definition) is 6. The summed E-state index contributed by atoms with van der Waals surface area (Å²) < 4.78 is 16.2. The Morgan fingerprint density at radius 3 is 2.48 bits per heavy atom. The molecule has 0 radical (unpaired) electrons. The van der Waals surface area contributed by atoms with E-state index in [9.17, 15) is 4.79 Å². The van der Waals surface area contributed by atoms with Crippen molar-refractivity contribution in [1.82, 2.24) is 10.2 Å². The number of fused-ring (bicyclic) bond motifs is 1. The van der Waals surface area contributed by atoms with Crippen molar-refractivity contribution < 1.29 is 19.0 Å². The van der Waals surface area contributed by atoms with Crippen molar-refractivity contribution in [3.63, 3.8) is 0 Å². The summed E-state index contributed by atoms with van der Waals surface area (Å²) in [5.41, 5.74) is 1.86. The summed E-state index contributed by atoms with van der Waals surface area (Å²) in [6.45, 7) is 0. The number of carbonyl (C=O) groups is 1. The lowest BCUT2D eigenvalue weighted by Crippen LogP contribution is -2.12. The first-order valence-electron chi connectivity index (χ1n) is 6.92. The summed E-state index contributed by atoms with van der Waals surface area (Å²) in [7, 11) is 4.72. The number of nitrogens with one attached hydrogen (secondary N) is 2. The molecule has 1 amide bonds. The summed E-state index contributed by atoms with van der Waals surface area (Å²) in [4.78, 5) is 11.8. The molecule has 8 heteroatoms. The third-order valence-corrected chi connectivity index (χ3v) is 4.87. The molecule has 2 N–H and O–H groups in total. The molecule has 0 saturated carbocycles. The number of rotatable bonds is 4. The fraction of sp³-hybridized carbons (Fsp3) is 0.333. The third kappa shape index (κ3) is 2.81. The zero-order valence-corrected chi connectivity index (χ0v) is 13.8. The van der Waals surface area contributed by atoms with Crippen LogP contribution in [0.3, 0.4) is 0 Å². The monoisotopic (exact) mass is 335 g/mol. The Labute approximate surface area is 137 Å². The lowest BCUT2D eigenvalue weighted by atomic mass is 10.0. The number of thioether (sulfide) groups is 1. The quantitative estimate of drug-likeness (QED) is 0.891. The fourth-order valence-electron chi connectivity index (χ4n) is 2.55. The van der Waals surface area contributed by atoms with E-state index in [0.29, 0.717) is 28.8 Å². The highest BCUT2D eigenvalue weighted by Crippen LogP contribution is 2.46. The Morgan fingerprint density at radius 2 is 1.87 bits per heavy atom. The average Bonchev–Trinajstić information content (AvgIpc) is 2.95. The van der Waals surface area contributed by atoms with Crippen LogP contribution in [0.5, 0.6) is 17.2 Å². The molecule has 1 aromatic heterocycles. The van der Waals surface area contributed by atoms with E-state index in [2.05, 4.69) is 15.5 Å². The van der Waals surface area contributed by atoms with Gasteiger partial charge in [0.2, 0.25) is 11.7 Å². The number of aromatic amines is 1. The number of H-pyrrole nitrogens is 1. The zero-order chi connectivity index (χ0) is 16.4. The second-order valence-electron chi connectivity index (χ2n) is 4.90. The van der Waals surface area contributed by atoms with Gasteiger partial charge in [-0.1, -0.05) is 0 Å². The molecule has 0 aliphatic carbocycles. The topological polar surface area (TPSA) is 85.5 Å². The number of benzene rings is 1. The van der Waals surface area contributed by atoms with E-state index in [0.717, 1.165) is 11.1 Å². The first-order valence-corrected chi connectivity index (χ1v) is 7.97. The molecule has 2 aromatic rings. The standard InChI is InChI=1S/C15H17N3O4S/c1-20-10-4-8(5-11(21-2)13(10)22-3)14-9-6-16-18-15(9)17-12(19)7-23-14/h4-6,14H,7H2,1-3H3,(H2,16,17,18,19)/t14-/m0/s1. The minimum absolute atomic E-state index is 0.0598. The van der Waals surface area contributed by atoms with Gasteiger partial charge in [-0.15, -0.1) is 11.8 Å². The van der Waals surface area contributed by atoms with Gasteiger partial charge in [-0.2, -0.15) is 5.10 Å². The Bertz CT molecular complexity index is 706. The summed E-state index contributed by atoms with van der Waals surface area (Å²) in [5.74, 6) is 2.62. The van der Waals surface area contributed by atoms with Gasteiger partial charge in [-0.05, 0) is 17.7 Å². The molecular weight excluding hydrogens is 318 g/mol. The van der Waals surface area contributed by atoms with Crippen molar-refractivity contribution in [3.8, 4) is 17.2 Å². The summed E-state index contributed by atoms with van der Waals surface area (Å²) in [5, 5.41) is 9.60. The van der Waals surface area contributed by atoms with Gasteiger partial charge >= 0.3 is 0 Å². The van der Waals surface area contributed by atoms with Gasteiger partial charge in [0, 0.05) is 5.56 Å². The number of nitrogens with zero attached hydrogens (tertiary/aromatic N) is 1. The SMILES string of the molecule is COc1cc([C@@H]2SCC(=O)Nc3[nH]ncc32)cc(OC)c1OC. The maximum atomic E-state index is 11.8. The summed E-state index contributed by atoms with van der Waals surface area (Å²) >= 11 is 1.52. The molecule has 122 valence electrons. The third-order valence-electron chi connectivity index (χ3n) is 3.59. The smallest absolute Gasteiger partial charge is 0.235 e. The molecule has 1 aliphatic rings. The summed E-state index contributed by atoms with van der Waals surface area (Å²) in [6.07, 6.45) is 1.72. The lowest BCUT2D eigenvalue weighted by molar-refractivity contribution is -0.113. The van der Waals surface area contributed by atoms with E-state index >= 15 is 0 Å². The van der Waals surface area contributed by atoms with Crippen LogP contribution in [0, 0.1) is 0 Å². The largest absolute Gasteiger partial charge is 0.493 e. The van der Waals surface area contributed by atoms with Crippen molar-refractivity contribution in [2.45, 2.75) is 5.25 Å². The molecule has 23 heavy (non-hydrogen) atoms. The lowest BCUT2D eigenvalue weighted by Gasteiger charge is -2.18. The second-order valence-corrected chi connectivity index (χ2v) is 5.99. The van der Waals surface area contributed by atoms with Gasteiger partial charge in [-0.3, -0.25) is 9.89 Å². The van der Waals surface area contributed by atoms with Crippen LogP contribution in [0.1, 0.15) is 16.4 Å². The molecule has 1 atom stereocenters. The van der Waals surface area contributed by atoms with Gasteiger partial charge in [-0.25, -0.2) is 0 Å². The molecule has 1 aliphatic heterocycles. The van der Waals surface area contributed by atoms with Gasteiger partial charge in [0.1, 0.15) is 5.82 Å². The number of aromatic nitrogens is 2. The zero-order valence-electron chi connectivity index (χ0n) is 13.0. The van der Waals surface area contributed by atoms with Gasteiger partial charge in [0.05, 0.1) is 38.5 Å². The van der Waals surface area contributed by atoms with Crippen LogP contribution >= 0.6 is 11.8 Å². The van der Waals surface area contributed by atoms with Crippen LogP contribution in [-0.2, 0) is 4.79 Å². The Kier molecular flexibility index (Phi) is 4.33. The van der Waals surface area contributed by atoms with Gasteiger partial charge in [0.25, 0.3) is 0 Å². The number of carbonyl (C=O) groups excluding carboxylic acids is 1. The minimum Gasteiger partial charge on any atom is -0.493 e. The predicted molar refractivity (Wildman–Crippen MR) is 87.6 cm³/mol. The highest BCUT2D eigenvalue weighted by molar-refractivity contribution is 8.00. The van der Waals surface area contributed by atoms with Crippen LogP contribution in [-0.4, -0.2) is 43.2 Å². The number of amides is 1. The normalized spacial score (nSPS) is 17.0. The van der Waals surface area contributed by atoms with Crippen molar-refractivity contribution in [2.75, 3.05) is 32.4 Å². The summed E-state index contributed by atoms with van der Waals surface area (Å²) in [6, 6.07) is 3.79. The van der Waals surface area contributed by atoms with E-state index in [4.69, 9.17) is 14.2 Å². The molecular formula is C15H17N3O4S. The van der Waals surface area contributed by atoms with Crippen LogP contribution in [0.2, 0.25) is 0 Å². The maximum Gasteiger partial charge on any atom is 0.235 e. The second kappa shape index (κ2) is 6.41. The number of methoxy groups -OCH3 is 3. The average molecular weight is 335 g/mol. The van der Waals surface area contributed by atoms with Gasteiger partial charge in [0.15, 0.2) is 11.5 Å². The first kappa shape index (κ1) is 15.5. The van der Waals surface area contributed by atoms with Crippen molar-refractivity contribution in [3.05, 3.63) is 29.5 Å². The predicted octanol–water partition coefficient (Wildman–Crippen LogP) is 2.21. The van der Waals surface area contributed by atoms with E-state index < -0.39 is 0 Å². The van der Waals surface area contributed by atoms with Crippen molar-refractivity contribution in [2.24, 2.45) is 0 Å². The van der Waals surface area contributed by atoms with Crippen LogP contribution in [0.15, 0.2) is 18.3 Å². The molecule has 0 saturated heterocycles.